The van der Waals surface area contributed by atoms with Crippen LogP contribution in [0.1, 0.15) is 20.3 Å². The highest BCUT2D eigenvalue weighted by Gasteiger charge is 2.45. The molecule has 3 N–H and O–H groups in total. The Morgan fingerprint density at radius 2 is 2.11 bits per heavy atom. The summed E-state index contributed by atoms with van der Waals surface area (Å²) in [5.74, 6) is -0.383. The number of anilines is 1. The van der Waals surface area contributed by atoms with Crippen molar-refractivity contribution in [2.75, 3.05) is 12.3 Å². The van der Waals surface area contributed by atoms with Crippen LogP contribution in [0, 0.1) is 17.2 Å². The molecule has 1 aromatic rings. The van der Waals surface area contributed by atoms with E-state index < -0.39 is 15.8 Å². The number of hydrogen-bond acceptors (Lipinski definition) is 3. The van der Waals surface area contributed by atoms with E-state index >= 15 is 0 Å². The van der Waals surface area contributed by atoms with Crippen molar-refractivity contribution in [2.24, 2.45) is 11.3 Å². The molecule has 2 rings (SSSR count). The third-order valence-electron chi connectivity index (χ3n) is 3.54. The van der Waals surface area contributed by atoms with Crippen molar-refractivity contribution >= 4 is 15.7 Å². The first-order valence-corrected chi connectivity index (χ1v) is 7.26. The lowest BCUT2D eigenvalue weighted by atomic mass is 10.1. The number of sulfonamides is 1. The van der Waals surface area contributed by atoms with E-state index in [1.165, 1.54) is 12.1 Å². The standard InChI is InChI=1S/C12H17FN2O2S/c1-12(2)6-8(12)7-15-18(16,17)10-5-3-4-9(13)11(10)14/h3-5,8,15H,6-7,14H2,1-2H3. The van der Waals surface area contributed by atoms with E-state index in [2.05, 4.69) is 18.6 Å². The molecule has 1 unspecified atom stereocenters. The van der Waals surface area contributed by atoms with Crippen molar-refractivity contribution < 1.29 is 12.8 Å². The molecular weight excluding hydrogens is 255 g/mol. The van der Waals surface area contributed by atoms with Crippen molar-refractivity contribution in [3.63, 3.8) is 0 Å². The maximum atomic E-state index is 13.2. The number of nitrogens with two attached hydrogens (primary N) is 1. The Kier molecular flexibility index (Phi) is 3.11. The molecule has 0 aromatic heterocycles. The summed E-state index contributed by atoms with van der Waals surface area (Å²) in [5.41, 5.74) is 5.31. The van der Waals surface area contributed by atoms with Crippen LogP contribution in [0.3, 0.4) is 0 Å². The average molecular weight is 272 g/mol. The zero-order valence-electron chi connectivity index (χ0n) is 10.4. The number of halogens is 1. The Morgan fingerprint density at radius 1 is 1.50 bits per heavy atom. The van der Waals surface area contributed by atoms with Gasteiger partial charge in [-0.25, -0.2) is 17.5 Å². The molecule has 1 aliphatic rings. The van der Waals surface area contributed by atoms with E-state index in [1.807, 2.05) is 0 Å². The van der Waals surface area contributed by atoms with Gasteiger partial charge < -0.3 is 5.73 Å². The van der Waals surface area contributed by atoms with Gasteiger partial charge in [-0.2, -0.15) is 0 Å². The first kappa shape index (κ1) is 13.3. The molecule has 0 spiro atoms. The van der Waals surface area contributed by atoms with E-state index in [0.29, 0.717) is 12.5 Å². The molecule has 1 fully saturated rings. The van der Waals surface area contributed by atoms with Gasteiger partial charge in [-0.1, -0.05) is 19.9 Å². The van der Waals surface area contributed by atoms with E-state index in [-0.39, 0.29) is 16.0 Å². The topological polar surface area (TPSA) is 72.2 Å². The molecule has 4 nitrogen and oxygen atoms in total. The van der Waals surface area contributed by atoms with Gasteiger partial charge in [0.15, 0.2) is 0 Å². The number of nitrogen functional groups attached to an aromatic ring is 1. The Balaban J connectivity index is 2.14. The Bertz CT molecular complexity index is 569. The molecule has 1 aromatic carbocycles. The number of rotatable bonds is 4. The molecule has 0 radical (unpaired) electrons. The van der Waals surface area contributed by atoms with Crippen LogP contribution in [0.2, 0.25) is 0 Å². The van der Waals surface area contributed by atoms with E-state index in [1.54, 1.807) is 0 Å². The molecule has 0 saturated heterocycles. The molecule has 1 saturated carbocycles. The van der Waals surface area contributed by atoms with Crippen molar-refractivity contribution in [2.45, 2.75) is 25.2 Å². The molecule has 1 aliphatic carbocycles. The first-order valence-electron chi connectivity index (χ1n) is 5.78. The second kappa shape index (κ2) is 4.20. The summed E-state index contributed by atoms with van der Waals surface area (Å²) in [6.07, 6.45) is 0.994. The molecule has 0 amide bonds. The molecule has 100 valence electrons. The SMILES string of the molecule is CC1(C)CC1CNS(=O)(=O)c1cccc(F)c1N. The van der Waals surface area contributed by atoms with Gasteiger partial charge in [0.25, 0.3) is 0 Å². The fourth-order valence-electron chi connectivity index (χ4n) is 1.96. The molecule has 0 heterocycles. The summed E-state index contributed by atoms with van der Waals surface area (Å²) in [5, 5.41) is 0. The maximum Gasteiger partial charge on any atom is 0.242 e. The van der Waals surface area contributed by atoms with Crippen LogP contribution in [-0.2, 0) is 10.0 Å². The maximum absolute atomic E-state index is 13.2. The lowest BCUT2D eigenvalue weighted by Crippen LogP contribution is -2.27. The van der Waals surface area contributed by atoms with Gasteiger partial charge in [0, 0.05) is 6.54 Å². The fourth-order valence-corrected chi connectivity index (χ4v) is 3.19. The third-order valence-corrected chi connectivity index (χ3v) is 5.02. The lowest BCUT2D eigenvalue weighted by molar-refractivity contribution is 0.537. The second-order valence-corrected chi connectivity index (χ2v) is 7.13. The van der Waals surface area contributed by atoms with Gasteiger partial charge in [-0.15, -0.1) is 0 Å². The van der Waals surface area contributed by atoms with Crippen LogP contribution in [0.15, 0.2) is 23.1 Å². The normalized spacial score (nSPS) is 21.8. The van der Waals surface area contributed by atoms with Crippen molar-refractivity contribution in [1.29, 1.82) is 0 Å². The van der Waals surface area contributed by atoms with E-state index in [9.17, 15) is 12.8 Å². The second-order valence-electron chi connectivity index (χ2n) is 5.39. The molecule has 18 heavy (non-hydrogen) atoms. The Labute approximate surface area is 106 Å². The van der Waals surface area contributed by atoms with Gasteiger partial charge in [0.05, 0.1) is 5.69 Å². The summed E-state index contributed by atoms with van der Waals surface area (Å²) in [7, 11) is -3.73. The predicted octanol–water partition coefficient (Wildman–Crippen LogP) is 1.73. The minimum atomic E-state index is -3.73. The first-order chi connectivity index (χ1) is 8.24. The highest BCUT2D eigenvalue weighted by atomic mass is 32.2. The quantitative estimate of drug-likeness (QED) is 0.820. The highest BCUT2D eigenvalue weighted by molar-refractivity contribution is 7.89. The summed E-state index contributed by atoms with van der Waals surface area (Å²) in [6, 6.07) is 3.78. The van der Waals surface area contributed by atoms with Crippen LogP contribution in [0.25, 0.3) is 0 Å². The predicted molar refractivity (Wildman–Crippen MR) is 67.9 cm³/mol. The van der Waals surface area contributed by atoms with Crippen molar-refractivity contribution in [1.82, 2.24) is 4.72 Å². The smallest absolute Gasteiger partial charge is 0.242 e. The molecule has 0 bridgehead atoms. The molecule has 0 aliphatic heterocycles. The summed E-state index contributed by atoms with van der Waals surface area (Å²) in [4.78, 5) is -0.194. The van der Waals surface area contributed by atoms with Gasteiger partial charge in [-0.05, 0) is 29.9 Å². The lowest BCUT2D eigenvalue weighted by Gasteiger charge is -2.10. The number of hydrogen-bond donors (Lipinski definition) is 2. The monoisotopic (exact) mass is 272 g/mol. The van der Waals surface area contributed by atoms with Gasteiger partial charge in [-0.3, -0.25) is 0 Å². The summed E-state index contributed by atoms with van der Waals surface area (Å²) < 4.78 is 39.7. The number of nitrogens with one attached hydrogen (secondary N) is 1. The van der Waals surface area contributed by atoms with Gasteiger partial charge in [0.1, 0.15) is 10.7 Å². The largest absolute Gasteiger partial charge is 0.395 e. The van der Waals surface area contributed by atoms with Crippen LogP contribution in [0.4, 0.5) is 10.1 Å². The number of benzene rings is 1. The fraction of sp³-hybridized carbons (Fsp3) is 0.500. The number of para-hydroxylation sites is 1. The van der Waals surface area contributed by atoms with Crippen LogP contribution >= 0.6 is 0 Å². The summed E-state index contributed by atoms with van der Waals surface area (Å²) in [6.45, 7) is 4.54. The Morgan fingerprint density at radius 3 is 2.67 bits per heavy atom. The summed E-state index contributed by atoms with van der Waals surface area (Å²) >= 11 is 0. The van der Waals surface area contributed by atoms with Gasteiger partial charge >= 0.3 is 0 Å². The third kappa shape index (κ3) is 2.49. The zero-order valence-corrected chi connectivity index (χ0v) is 11.2. The van der Waals surface area contributed by atoms with Crippen LogP contribution in [0.5, 0.6) is 0 Å². The highest BCUT2D eigenvalue weighted by Crippen LogP contribution is 2.51. The minimum Gasteiger partial charge on any atom is -0.395 e. The molecule has 1 atom stereocenters. The van der Waals surface area contributed by atoms with Crippen LogP contribution in [-0.4, -0.2) is 15.0 Å². The van der Waals surface area contributed by atoms with E-state index in [4.69, 9.17) is 5.73 Å². The van der Waals surface area contributed by atoms with Crippen molar-refractivity contribution in [3.8, 4) is 0 Å². The van der Waals surface area contributed by atoms with E-state index in [0.717, 1.165) is 12.5 Å². The zero-order chi connectivity index (χ0) is 13.6. The molecule has 6 heteroatoms. The van der Waals surface area contributed by atoms with Crippen LogP contribution < -0.4 is 10.5 Å². The van der Waals surface area contributed by atoms with Gasteiger partial charge in [0.2, 0.25) is 10.0 Å². The average Bonchev–Trinajstić information content (AvgIpc) is 2.88. The molecular formula is C12H17FN2O2S. The minimum absolute atomic E-state index is 0.190. The van der Waals surface area contributed by atoms with Crippen molar-refractivity contribution in [3.05, 3.63) is 24.0 Å². The Hall–Kier alpha value is -1.14.